The Bertz CT molecular complexity index is 943. The summed E-state index contributed by atoms with van der Waals surface area (Å²) in [5.41, 5.74) is 0.113. The van der Waals surface area contributed by atoms with Crippen molar-refractivity contribution in [3.8, 4) is 0 Å². The van der Waals surface area contributed by atoms with Gasteiger partial charge in [-0.05, 0) is 25.0 Å². The van der Waals surface area contributed by atoms with E-state index in [1.54, 1.807) is 29.2 Å². The third-order valence-electron chi connectivity index (χ3n) is 4.84. The first-order valence-electron chi connectivity index (χ1n) is 8.46. The third kappa shape index (κ3) is 2.73. The number of nitrogens with zero attached hydrogens (tertiary/aromatic N) is 2. The van der Waals surface area contributed by atoms with Gasteiger partial charge in [-0.2, -0.15) is 0 Å². The molecule has 2 saturated heterocycles. The van der Waals surface area contributed by atoms with Gasteiger partial charge >= 0.3 is 6.03 Å². The lowest BCUT2D eigenvalue weighted by molar-refractivity contribution is -0.127. The quantitative estimate of drug-likeness (QED) is 0.809. The van der Waals surface area contributed by atoms with Gasteiger partial charge < -0.3 is 14.6 Å². The summed E-state index contributed by atoms with van der Waals surface area (Å²) in [7, 11) is 0. The highest BCUT2D eigenvalue weighted by atomic mass is 16.3. The summed E-state index contributed by atoms with van der Waals surface area (Å²) in [5, 5.41) is 2.94. The Kier molecular flexibility index (Phi) is 3.95. The van der Waals surface area contributed by atoms with E-state index in [4.69, 9.17) is 4.42 Å². The lowest BCUT2D eigenvalue weighted by atomic mass is 10.0. The molecule has 2 aliphatic rings. The van der Waals surface area contributed by atoms with Crippen molar-refractivity contribution in [3.05, 3.63) is 46.3 Å². The number of para-hydroxylation sites is 1. The molecule has 0 atom stereocenters. The van der Waals surface area contributed by atoms with Gasteiger partial charge in [-0.3, -0.25) is 19.3 Å². The van der Waals surface area contributed by atoms with Crippen molar-refractivity contribution in [3.63, 3.8) is 0 Å². The Balaban J connectivity index is 1.49. The van der Waals surface area contributed by atoms with E-state index in [9.17, 15) is 19.2 Å². The molecule has 2 aliphatic heterocycles. The number of nitrogens with one attached hydrogen (secondary N) is 1. The minimum Gasteiger partial charge on any atom is -0.451 e. The van der Waals surface area contributed by atoms with Gasteiger partial charge in [0.15, 0.2) is 11.2 Å². The predicted molar refractivity (Wildman–Crippen MR) is 91.7 cm³/mol. The van der Waals surface area contributed by atoms with Crippen molar-refractivity contribution in [2.45, 2.75) is 18.9 Å². The molecule has 1 aromatic heterocycles. The number of urea groups is 1. The molecule has 2 aromatic rings. The van der Waals surface area contributed by atoms with Crippen molar-refractivity contribution >= 4 is 28.8 Å². The van der Waals surface area contributed by atoms with Gasteiger partial charge in [0.25, 0.3) is 5.91 Å². The Morgan fingerprint density at radius 3 is 2.54 bits per heavy atom. The van der Waals surface area contributed by atoms with Gasteiger partial charge in [0, 0.05) is 25.2 Å². The van der Waals surface area contributed by atoms with Crippen LogP contribution in [-0.2, 0) is 4.79 Å². The molecule has 8 heteroatoms. The first-order valence-corrected chi connectivity index (χ1v) is 8.46. The summed E-state index contributed by atoms with van der Waals surface area (Å²) in [5.74, 6) is -0.592. The summed E-state index contributed by atoms with van der Waals surface area (Å²) < 4.78 is 5.60. The van der Waals surface area contributed by atoms with Crippen LogP contribution in [0.5, 0.6) is 0 Å². The van der Waals surface area contributed by atoms with Gasteiger partial charge in [0.2, 0.25) is 5.91 Å². The van der Waals surface area contributed by atoms with Crippen LogP contribution in [0.4, 0.5) is 4.79 Å². The van der Waals surface area contributed by atoms with Crippen LogP contribution in [0.25, 0.3) is 11.0 Å². The number of piperidine rings is 1. The second-order valence-electron chi connectivity index (χ2n) is 6.42. The van der Waals surface area contributed by atoms with Crippen molar-refractivity contribution in [1.82, 2.24) is 15.1 Å². The standard InChI is InChI=1S/C18H17N3O5/c22-13-9-15(26-14-4-2-1-3-12(13)14)17(24)20-7-5-11(6-8-20)21-16(23)10-19-18(21)25/h1-4,9,11H,5-8,10H2,(H,19,25). The minimum atomic E-state index is -0.375. The Hall–Kier alpha value is -3.16. The maximum absolute atomic E-state index is 12.7. The SMILES string of the molecule is O=C(c1cc(=O)c2ccccc2o1)N1CCC(N2C(=O)CNC2=O)CC1. The lowest BCUT2D eigenvalue weighted by Crippen LogP contribution is -2.49. The maximum atomic E-state index is 12.7. The number of rotatable bonds is 2. The van der Waals surface area contributed by atoms with Gasteiger partial charge in [-0.15, -0.1) is 0 Å². The molecule has 0 saturated carbocycles. The zero-order valence-corrected chi connectivity index (χ0v) is 13.9. The molecular formula is C18H17N3O5. The number of hydrogen-bond acceptors (Lipinski definition) is 5. The highest BCUT2D eigenvalue weighted by Gasteiger charge is 2.37. The molecule has 26 heavy (non-hydrogen) atoms. The molecule has 0 unspecified atom stereocenters. The molecule has 4 rings (SSSR count). The Labute approximate surface area is 148 Å². The monoisotopic (exact) mass is 355 g/mol. The van der Waals surface area contributed by atoms with Gasteiger partial charge in [-0.25, -0.2) is 4.79 Å². The van der Waals surface area contributed by atoms with E-state index in [-0.39, 0.29) is 41.6 Å². The predicted octanol–water partition coefficient (Wildman–Crippen LogP) is 0.949. The molecule has 0 aliphatic carbocycles. The molecule has 2 fully saturated rings. The van der Waals surface area contributed by atoms with Crippen LogP contribution in [0, 0.1) is 0 Å². The molecule has 4 amide bonds. The normalized spacial score (nSPS) is 18.5. The number of benzene rings is 1. The van der Waals surface area contributed by atoms with Crippen LogP contribution in [0.2, 0.25) is 0 Å². The number of carbonyl (C=O) groups is 3. The maximum Gasteiger partial charge on any atom is 0.324 e. The largest absolute Gasteiger partial charge is 0.451 e. The van der Waals surface area contributed by atoms with Crippen molar-refractivity contribution in [2.24, 2.45) is 0 Å². The van der Waals surface area contributed by atoms with Gasteiger partial charge in [0.05, 0.1) is 11.9 Å². The van der Waals surface area contributed by atoms with E-state index >= 15 is 0 Å². The molecule has 1 N–H and O–H groups in total. The van der Waals surface area contributed by atoms with Crippen LogP contribution >= 0.6 is 0 Å². The van der Waals surface area contributed by atoms with Crippen LogP contribution in [0.3, 0.4) is 0 Å². The third-order valence-corrected chi connectivity index (χ3v) is 4.84. The topological polar surface area (TPSA) is 99.9 Å². The summed E-state index contributed by atoms with van der Waals surface area (Å²) in [6.45, 7) is 0.800. The number of hydrogen-bond donors (Lipinski definition) is 1. The van der Waals surface area contributed by atoms with Crippen molar-refractivity contribution in [1.29, 1.82) is 0 Å². The lowest BCUT2D eigenvalue weighted by Gasteiger charge is -2.34. The molecular weight excluding hydrogens is 338 g/mol. The van der Waals surface area contributed by atoms with Crippen LogP contribution in [0.15, 0.2) is 39.5 Å². The van der Waals surface area contributed by atoms with Crippen LogP contribution in [0.1, 0.15) is 23.4 Å². The Morgan fingerprint density at radius 1 is 1.12 bits per heavy atom. The summed E-state index contributed by atoms with van der Waals surface area (Å²) in [6, 6.07) is 7.41. The highest BCUT2D eigenvalue weighted by Crippen LogP contribution is 2.21. The summed E-state index contributed by atoms with van der Waals surface area (Å²) in [4.78, 5) is 51.2. The van der Waals surface area contributed by atoms with Crippen LogP contribution in [-0.4, -0.2) is 53.3 Å². The van der Waals surface area contributed by atoms with E-state index in [0.29, 0.717) is 36.9 Å². The fourth-order valence-corrected chi connectivity index (χ4v) is 3.50. The fourth-order valence-electron chi connectivity index (χ4n) is 3.50. The van der Waals surface area contributed by atoms with Gasteiger partial charge in [-0.1, -0.05) is 12.1 Å². The smallest absolute Gasteiger partial charge is 0.324 e. The zero-order chi connectivity index (χ0) is 18.3. The number of fused-ring (bicyclic) bond motifs is 1. The second kappa shape index (κ2) is 6.29. The van der Waals surface area contributed by atoms with E-state index in [1.807, 2.05) is 0 Å². The zero-order valence-electron chi connectivity index (χ0n) is 13.9. The fraction of sp³-hybridized carbons (Fsp3) is 0.333. The van der Waals surface area contributed by atoms with E-state index in [0.717, 1.165) is 0 Å². The number of likely N-dealkylation sites (tertiary alicyclic amines) is 1. The molecule has 0 spiro atoms. The number of amides is 4. The van der Waals surface area contributed by atoms with Crippen molar-refractivity contribution in [2.75, 3.05) is 19.6 Å². The minimum absolute atomic E-state index is 0.00198. The summed E-state index contributed by atoms with van der Waals surface area (Å²) in [6.07, 6.45) is 1.01. The van der Waals surface area contributed by atoms with Crippen LogP contribution < -0.4 is 10.7 Å². The molecule has 8 nitrogen and oxygen atoms in total. The first-order chi connectivity index (χ1) is 12.5. The number of carbonyl (C=O) groups excluding carboxylic acids is 3. The molecule has 134 valence electrons. The average molecular weight is 355 g/mol. The Morgan fingerprint density at radius 2 is 1.85 bits per heavy atom. The van der Waals surface area contributed by atoms with E-state index < -0.39 is 0 Å². The second-order valence-corrected chi connectivity index (χ2v) is 6.42. The molecule has 3 heterocycles. The summed E-state index contributed by atoms with van der Waals surface area (Å²) >= 11 is 0. The average Bonchev–Trinajstić information content (AvgIpc) is 2.99. The molecule has 1 aromatic carbocycles. The van der Waals surface area contributed by atoms with Crippen molar-refractivity contribution < 1.29 is 18.8 Å². The first kappa shape index (κ1) is 16.3. The molecule has 0 bridgehead atoms. The highest BCUT2D eigenvalue weighted by molar-refractivity contribution is 6.02. The van der Waals surface area contributed by atoms with E-state index in [2.05, 4.69) is 5.32 Å². The number of imide groups is 1. The van der Waals surface area contributed by atoms with E-state index in [1.165, 1.54) is 11.0 Å². The molecule has 0 radical (unpaired) electrons. The van der Waals surface area contributed by atoms with Gasteiger partial charge in [0.1, 0.15) is 5.58 Å².